The lowest BCUT2D eigenvalue weighted by Gasteiger charge is -2.37. The Morgan fingerprint density at radius 1 is 0.885 bits per heavy atom. The second-order valence-corrected chi connectivity index (χ2v) is 16.9. The van der Waals surface area contributed by atoms with Gasteiger partial charge in [0, 0.05) is 50.4 Å². The standard InChI is InChI=1S/C43H49N11O7/c1-25-4-2-6-31(48-25)40(57)49-28-18-29(19-28)53-24-47-37-38(45-23-46-39(37)53)44-20-26-10-14-51(15-11-26)21-27-12-16-52(17-13-27)35(56)22-61-33-7-3-5-30-36(33)43(60)54(42(30)59)32-8-9-34(55)50-41(32)58/h2-7,23-24,26-29,32H,8-22H2,1H3,(H,49,57)(H,44,45,46)(H,50,55,58). The summed E-state index contributed by atoms with van der Waals surface area (Å²) >= 11 is 0. The largest absolute Gasteiger partial charge is 0.483 e. The Hall–Kier alpha value is -6.30. The van der Waals surface area contributed by atoms with Crippen LogP contribution in [0.2, 0.25) is 0 Å². The highest BCUT2D eigenvalue weighted by Crippen LogP contribution is 2.36. The molecular weight excluding hydrogens is 783 g/mol. The lowest BCUT2D eigenvalue weighted by molar-refractivity contribution is -0.136. The van der Waals surface area contributed by atoms with Crippen LogP contribution in [0.1, 0.15) is 94.3 Å². The first-order valence-electron chi connectivity index (χ1n) is 21.2. The van der Waals surface area contributed by atoms with E-state index in [9.17, 15) is 28.8 Å². The summed E-state index contributed by atoms with van der Waals surface area (Å²) in [5, 5.41) is 8.84. The normalized spacial score (nSPS) is 22.5. The number of nitrogens with zero attached hydrogens (tertiary/aromatic N) is 8. The summed E-state index contributed by atoms with van der Waals surface area (Å²) in [6, 6.07) is 9.25. The minimum Gasteiger partial charge on any atom is -0.483 e. The Balaban J connectivity index is 0.692. The summed E-state index contributed by atoms with van der Waals surface area (Å²) in [5.41, 5.74) is 2.92. The first kappa shape index (κ1) is 40.1. The van der Waals surface area contributed by atoms with Crippen LogP contribution in [-0.4, -0.2) is 133 Å². The number of anilines is 1. The number of benzene rings is 1. The number of carbonyl (C=O) groups is 6. The molecule has 18 heteroatoms. The van der Waals surface area contributed by atoms with Gasteiger partial charge in [0.1, 0.15) is 29.3 Å². The van der Waals surface area contributed by atoms with Crippen molar-refractivity contribution in [1.29, 1.82) is 0 Å². The highest BCUT2D eigenvalue weighted by atomic mass is 16.5. The topological polar surface area (TPSA) is 214 Å². The summed E-state index contributed by atoms with van der Waals surface area (Å²) in [5.74, 6) is -0.922. The molecule has 4 fully saturated rings. The number of aromatic nitrogens is 5. The number of aryl methyl sites for hydroxylation is 1. The number of imidazole rings is 1. The second-order valence-electron chi connectivity index (χ2n) is 16.9. The zero-order chi connectivity index (χ0) is 42.2. The van der Waals surface area contributed by atoms with Gasteiger partial charge in [-0.3, -0.25) is 39.0 Å². The molecular formula is C43H49N11O7. The number of carbonyl (C=O) groups excluding carboxylic acids is 6. The van der Waals surface area contributed by atoms with Gasteiger partial charge in [0.15, 0.2) is 18.1 Å². The number of nitrogens with one attached hydrogen (secondary N) is 3. The molecule has 7 heterocycles. The Morgan fingerprint density at radius 3 is 2.43 bits per heavy atom. The molecule has 6 amide bonds. The number of piperidine rings is 3. The average molecular weight is 832 g/mol. The van der Waals surface area contributed by atoms with Gasteiger partial charge in [-0.05, 0) is 101 Å². The molecule has 61 heavy (non-hydrogen) atoms. The fourth-order valence-corrected chi connectivity index (χ4v) is 9.29. The van der Waals surface area contributed by atoms with Crippen molar-refractivity contribution in [3.63, 3.8) is 0 Å². The van der Waals surface area contributed by atoms with E-state index in [2.05, 4.69) is 45.4 Å². The summed E-state index contributed by atoms with van der Waals surface area (Å²) in [4.78, 5) is 99.8. The molecule has 318 valence electrons. The van der Waals surface area contributed by atoms with Gasteiger partial charge in [0.2, 0.25) is 11.8 Å². The summed E-state index contributed by atoms with van der Waals surface area (Å²) in [6.07, 6.45) is 9.00. The number of hydrogen-bond donors (Lipinski definition) is 3. The Labute approximate surface area is 351 Å². The van der Waals surface area contributed by atoms with E-state index in [1.54, 1.807) is 29.4 Å². The summed E-state index contributed by atoms with van der Waals surface area (Å²) < 4.78 is 7.94. The number of imide groups is 2. The van der Waals surface area contributed by atoms with Crippen molar-refractivity contribution in [3.8, 4) is 5.75 Å². The Morgan fingerprint density at radius 2 is 1.66 bits per heavy atom. The quantitative estimate of drug-likeness (QED) is 0.175. The number of fused-ring (bicyclic) bond motifs is 2. The monoisotopic (exact) mass is 831 g/mol. The average Bonchev–Trinajstić information content (AvgIpc) is 3.79. The number of rotatable bonds is 12. The van der Waals surface area contributed by atoms with E-state index in [0.29, 0.717) is 30.6 Å². The van der Waals surface area contributed by atoms with E-state index in [-0.39, 0.29) is 60.2 Å². The van der Waals surface area contributed by atoms with Gasteiger partial charge >= 0.3 is 0 Å². The molecule has 0 radical (unpaired) electrons. The molecule has 1 aliphatic carbocycles. The predicted molar refractivity (Wildman–Crippen MR) is 219 cm³/mol. The van der Waals surface area contributed by atoms with E-state index >= 15 is 0 Å². The van der Waals surface area contributed by atoms with Crippen LogP contribution in [0.25, 0.3) is 11.2 Å². The maximum absolute atomic E-state index is 13.4. The second kappa shape index (κ2) is 17.0. The van der Waals surface area contributed by atoms with Crippen molar-refractivity contribution in [2.24, 2.45) is 11.8 Å². The van der Waals surface area contributed by atoms with Crippen molar-refractivity contribution < 1.29 is 33.5 Å². The van der Waals surface area contributed by atoms with Crippen LogP contribution in [0.4, 0.5) is 5.82 Å². The first-order chi connectivity index (χ1) is 29.6. The van der Waals surface area contributed by atoms with Crippen LogP contribution in [0.3, 0.4) is 0 Å². The summed E-state index contributed by atoms with van der Waals surface area (Å²) in [7, 11) is 0. The van der Waals surface area contributed by atoms with Crippen LogP contribution in [-0.2, 0) is 14.4 Å². The maximum Gasteiger partial charge on any atom is 0.270 e. The SMILES string of the molecule is Cc1cccc(C(=O)NC2CC(n3cnc4c(NCC5CCN(CC6CCN(C(=O)COc7cccc8c7C(=O)N(C7CCC(=O)NC7=O)C8=O)CC6)CC5)ncnc43)C2)n1. The molecule has 4 aromatic rings. The number of ether oxygens (including phenoxy) is 1. The van der Waals surface area contributed by atoms with Gasteiger partial charge in [0.25, 0.3) is 23.6 Å². The van der Waals surface area contributed by atoms with Crippen LogP contribution in [0.15, 0.2) is 49.1 Å². The van der Waals surface area contributed by atoms with E-state index in [0.717, 1.165) is 92.3 Å². The zero-order valence-electron chi connectivity index (χ0n) is 34.0. The Bertz CT molecular complexity index is 2380. The van der Waals surface area contributed by atoms with E-state index in [4.69, 9.17) is 4.74 Å². The molecule has 1 saturated carbocycles. The first-order valence-corrected chi connectivity index (χ1v) is 21.2. The molecule has 0 bridgehead atoms. The predicted octanol–water partition coefficient (Wildman–Crippen LogP) is 2.51. The van der Waals surface area contributed by atoms with Gasteiger partial charge in [-0.1, -0.05) is 12.1 Å². The molecule has 3 saturated heterocycles. The van der Waals surface area contributed by atoms with Gasteiger partial charge in [-0.25, -0.2) is 19.9 Å². The number of amides is 6. The van der Waals surface area contributed by atoms with Gasteiger partial charge in [-0.15, -0.1) is 0 Å². The molecule has 9 rings (SSSR count). The fraction of sp³-hybridized carbons (Fsp3) is 0.488. The number of hydrogen-bond acceptors (Lipinski definition) is 13. The molecule has 5 aliphatic rings. The molecule has 18 nitrogen and oxygen atoms in total. The van der Waals surface area contributed by atoms with Crippen LogP contribution < -0.4 is 20.7 Å². The van der Waals surface area contributed by atoms with Gasteiger partial charge in [0.05, 0.1) is 17.5 Å². The molecule has 1 unspecified atom stereocenters. The van der Waals surface area contributed by atoms with E-state index in [1.165, 1.54) is 6.07 Å². The third-order valence-electron chi connectivity index (χ3n) is 12.9. The van der Waals surface area contributed by atoms with Crippen molar-refractivity contribution in [2.45, 2.75) is 76.4 Å². The highest BCUT2D eigenvalue weighted by molar-refractivity contribution is 6.24. The van der Waals surface area contributed by atoms with Crippen molar-refractivity contribution in [3.05, 3.63) is 71.6 Å². The zero-order valence-corrected chi connectivity index (χ0v) is 34.0. The minimum absolute atomic E-state index is 0.0287. The third-order valence-corrected chi connectivity index (χ3v) is 12.9. The molecule has 4 aliphatic heterocycles. The lowest BCUT2D eigenvalue weighted by atomic mass is 9.86. The lowest BCUT2D eigenvalue weighted by Crippen LogP contribution is -2.54. The molecule has 0 spiro atoms. The van der Waals surface area contributed by atoms with Crippen LogP contribution in [0, 0.1) is 18.8 Å². The van der Waals surface area contributed by atoms with Crippen LogP contribution in [0.5, 0.6) is 5.75 Å². The van der Waals surface area contributed by atoms with Crippen LogP contribution >= 0.6 is 0 Å². The van der Waals surface area contributed by atoms with E-state index < -0.39 is 29.7 Å². The third kappa shape index (κ3) is 8.28. The van der Waals surface area contributed by atoms with Crippen molar-refractivity contribution in [1.82, 2.24) is 49.8 Å². The molecule has 3 aromatic heterocycles. The minimum atomic E-state index is -1.08. The molecule has 1 aromatic carbocycles. The van der Waals surface area contributed by atoms with E-state index in [1.807, 2.05) is 25.4 Å². The fourth-order valence-electron chi connectivity index (χ4n) is 9.29. The smallest absolute Gasteiger partial charge is 0.270 e. The Kier molecular flexibility index (Phi) is 11.2. The van der Waals surface area contributed by atoms with Gasteiger partial charge < -0.3 is 29.7 Å². The highest BCUT2D eigenvalue weighted by Gasteiger charge is 2.46. The summed E-state index contributed by atoms with van der Waals surface area (Å²) in [6.45, 7) is 6.64. The van der Waals surface area contributed by atoms with Crippen molar-refractivity contribution in [2.75, 3.05) is 51.2 Å². The maximum atomic E-state index is 13.4. The number of likely N-dealkylation sites (tertiary alicyclic amines) is 2. The molecule has 1 atom stereocenters. The van der Waals surface area contributed by atoms with Crippen molar-refractivity contribution >= 4 is 52.4 Å². The van der Waals surface area contributed by atoms with Gasteiger partial charge in [-0.2, -0.15) is 0 Å². The number of pyridine rings is 1. The molecule has 3 N–H and O–H groups in total.